The Balaban J connectivity index is 2.35. The van der Waals surface area contributed by atoms with Crippen LogP contribution in [0.2, 0.25) is 10.0 Å². The van der Waals surface area contributed by atoms with E-state index in [0.29, 0.717) is 22.9 Å². The second kappa shape index (κ2) is 5.12. The van der Waals surface area contributed by atoms with Crippen LogP contribution in [0.1, 0.15) is 18.4 Å². The van der Waals surface area contributed by atoms with Gasteiger partial charge in [-0.05, 0) is 25.0 Å². The summed E-state index contributed by atoms with van der Waals surface area (Å²) >= 11 is 12.0. The molecule has 2 N–H and O–H groups in total. The Morgan fingerprint density at radius 1 is 1.35 bits per heavy atom. The van der Waals surface area contributed by atoms with Gasteiger partial charge in [0.1, 0.15) is 5.60 Å². The quantitative estimate of drug-likeness (QED) is 0.891. The van der Waals surface area contributed by atoms with Crippen LogP contribution in [0.4, 0.5) is 0 Å². The molecule has 17 heavy (non-hydrogen) atoms. The summed E-state index contributed by atoms with van der Waals surface area (Å²) in [5.74, 6) is 0. The van der Waals surface area contributed by atoms with Crippen LogP contribution in [0, 0.1) is 0 Å². The average molecular weight is 277 g/mol. The van der Waals surface area contributed by atoms with Gasteiger partial charge in [-0.1, -0.05) is 29.3 Å². The molecule has 0 unspecified atom stereocenters. The summed E-state index contributed by atoms with van der Waals surface area (Å²) in [4.78, 5) is 0. The van der Waals surface area contributed by atoms with Gasteiger partial charge in [0, 0.05) is 15.6 Å². The van der Waals surface area contributed by atoms with Gasteiger partial charge >= 0.3 is 0 Å². The largest absolute Gasteiger partial charge is 0.394 e. The summed E-state index contributed by atoms with van der Waals surface area (Å²) in [6.45, 7) is -0.211. The number of ether oxygens (including phenoxy) is 1. The van der Waals surface area contributed by atoms with E-state index in [1.807, 2.05) is 0 Å². The van der Waals surface area contributed by atoms with E-state index in [0.717, 1.165) is 5.56 Å². The molecule has 1 fully saturated rings. The van der Waals surface area contributed by atoms with Crippen molar-refractivity contribution in [3.63, 3.8) is 0 Å². The molecule has 0 spiro atoms. The van der Waals surface area contributed by atoms with Gasteiger partial charge in [0.15, 0.2) is 0 Å². The highest BCUT2D eigenvalue weighted by atomic mass is 35.5. The molecule has 3 nitrogen and oxygen atoms in total. The first kappa shape index (κ1) is 13.1. The highest BCUT2D eigenvalue weighted by molar-refractivity contribution is 6.35. The minimum atomic E-state index is -0.810. The Morgan fingerprint density at radius 2 is 2.12 bits per heavy atom. The van der Waals surface area contributed by atoms with Crippen LogP contribution in [-0.4, -0.2) is 29.5 Å². The summed E-state index contributed by atoms with van der Waals surface area (Å²) in [6.07, 6.45) is 1.10. The Kier molecular flexibility index (Phi) is 3.95. The van der Waals surface area contributed by atoms with Gasteiger partial charge in [0.05, 0.1) is 19.3 Å². The molecule has 2 rings (SSSR count). The third kappa shape index (κ3) is 2.44. The van der Waals surface area contributed by atoms with E-state index in [4.69, 9.17) is 33.0 Å². The lowest BCUT2D eigenvalue weighted by atomic mass is 9.91. The van der Waals surface area contributed by atoms with Crippen LogP contribution in [0.3, 0.4) is 0 Å². The van der Waals surface area contributed by atoms with Crippen LogP contribution >= 0.6 is 23.2 Å². The van der Waals surface area contributed by atoms with Crippen molar-refractivity contribution < 1.29 is 14.9 Å². The van der Waals surface area contributed by atoms with E-state index in [9.17, 15) is 5.11 Å². The van der Waals surface area contributed by atoms with Gasteiger partial charge < -0.3 is 14.9 Å². The van der Waals surface area contributed by atoms with E-state index in [1.165, 1.54) is 0 Å². The van der Waals surface area contributed by atoms with Crippen LogP contribution in [0.5, 0.6) is 0 Å². The monoisotopic (exact) mass is 276 g/mol. The maximum atomic E-state index is 9.58. The fourth-order valence-electron chi connectivity index (χ4n) is 2.22. The number of aliphatic hydroxyl groups is 2. The molecule has 2 atom stereocenters. The zero-order chi connectivity index (χ0) is 12.5. The maximum Gasteiger partial charge on any atom is 0.118 e. The van der Waals surface area contributed by atoms with Gasteiger partial charge in [-0.15, -0.1) is 0 Å². The Hall–Kier alpha value is -0.320. The van der Waals surface area contributed by atoms with E-state index in [-0.39, 0.29) is 19.3 Å². The fourth-order valence-corrected chi connectivity index (χ4v) is 2.80. The molecule has 1 aliphatic heterocycles. The lowest BCUT2D eigenvalue weighted by Gasteiger charge is -2.28. The molecule has 1 saturated heterocycles. The minimum Gasteiger partial charge on any atom is -0.394 e. The molecule has 1 heterocycles. The summed E-state index contributed by atoms with van der Waals surface area (Å²) in [7, 11) is 0. The van der Waals surface area contributed by atoms with E-state index < -0.39 is 5.60 Å². The van der Waals surface area contributed by atoms with Gasteiger partial charge in [-0.2, -0.15) is 0 Å². The lowest BCUT2D eigenvalue weighted by molar-refractivity contribution is -0.0907. The summed E-state index contributed by atoms with van der Waals surface area (Å²) in [6, 6.07) is 5.11. The maximum absolute atomic E-state index is 9.58. The van der Waals surface area contributed by atoms with Crippen molar-refractivity contribution in [1.29, 1.82) is 0 Å². The zero-order valence-electron chi connectivity index (χ0n) is 9.20. The predicted molar refractivity (Wildman–Crippen MR) is 66.4 cm³/mol. The first-order valence-corrected chi connectivity index (χ1v) is 6.22. The van der Waals surface area contributed by atoms with Crippen molar-refractivity contribution in [1.82, 2.24) is 0 Å². The Labute approximate surface area is 110 Å². The number of hydrogen-bond acceptors (Lipinski definition) is 3. The Morgan fingerprint density at radius 3 is 2.65 bits per heavy atom. The van der Waals surface area contributed by atoms with Crippen molar-refractivity contribution in [2.45, 2.75) is 24.5 Å². The molecule has 0 aliphatic carbocycles. The molecule has 1 aromatic carbocycles. The fraction of sp³-hybridized carbons (Fsp3) is 0.500. The number of halogens is 2. The van der Waals surface area contributed by atoms with Crippen molar-refractivity contribution in [2.75, 3.05) is 13.2 Å². The van der Waals surface area contributed by atoms with Gasteiger partial charge in [0.2, 0.25) is 0 Å². The third-order valence-corrected chi connectivity index (χ3v) is 3.69. The van der Waals surface area contributed by atoms with Crippen LogP contribution in [-0.2, 0) is 10.3 Å². The normalized spacial score (nSPS) is 28.6. The van der Waals surface area contributed by atoms with Gasteiger partial charge in [0.25, 0.3) is 0 Å². The summed E-state index contributed by atoms with van der Waals surface area (Å²) < 4.78 is 5.73. The van der Waals surface area contributed by atoms with E-state index in [1.54, 1.807) is 18.2 Å². The molecule has 5 heteroatoms. The highest BCUT2D eigenvalue weighted by Gasteiger charge is 2.42. The second-order valence-corrected chi connectivity index (χ2v) is 5.08. The topological polar surface area (TPSA) is 49.7 Å². The zero-order valence-corrected chi connectivity index (χ0v) is 10.7. The molecule has 0 aromatic heterocycles. The van der Waals surface area contributed by atoms with E-state index in [2.05, 4.69) is 0 Å². The first-order valence-electron chi connectivity index (χ1n) is 5.46. The molecule has 0 bridgehead atoms. The number of rotatable bonds is 3. The number of aliphatic hydroxyl groups excluding tert-OH is 2. The molecule has 1 aliphatic rings. The predicted octanol–water partition coefficient (Wildman–Crippen LogP) is 2.35. The number of hydrogen-bond donors (Lipinski definition) is 2. The van der Waals surface area contributed by atoms with Crippen molar-refractivity contribution >= 4 is 23.2 Å². The molecule has 94 valence electrons. The SMILES string of the molecule is OC[C@H]1CC[C@](CO)(c2ccc(Cl)cc2Cl)O1. The van der Waals surface area contributed by atoms with E-state index >= 15 is 0 Å². The lowest BCUT2D eigenvalue weighted by Crippen LogP contribution is -2.31. The average Bonchev–Trinajstić information content (AvgIpc) is 2.74. The molecule has 0 amide bonds. The molecular formula is C12H14Cl2O3. The Bertz CT molecular complexity index is 411. The minimum absolute atomic E-state index is 0.0487. The van der Waals surface area contributed by atoms with Crippen molar-refractivity contribution in [3.8, 4) is 0 Å². The van der Waals surface area contributed by atoms with Crippen LogP contribution in [0.15, 0.2) is 18.2 Å². The molecule has 0 radical (unpaired) electrons. The molecule has 1 aromatic rings. The van der Waals surface area contributed by atoms with Crippen molar-refractivity contribution in [3.05, 3.63) is 33.8 Å². The summed E-state index contributed by atoms with van der Waals surface area (Å²) in [5, 5.41) is 19.7. The number of benzene rings is 1. The van der Waals surface area contributed by atoms with Crippen LogP contribution < -0.4 is 0 Å². The third-order valence-electron chi connectivity index (χ3n) is 3.14. The highest BCUT2D eigenvalue weighted by Crippen LogP contribution is 2.42. The smallest absolute Gasteiger partial charge is 0.118 e. The summed E-state index contributed by atoms with van der Waals surface area (Å²) in [5.41, 5.74) is -0.0864. The second-order valence-electron chi connectivity index (χ2n) is 4.24. The van der Waals surface area contributed by atoms with Crippen molar-refractivity contribution in [2.24, 2.45) is 0 Å². The molecular weight excluding hydrogens is 263 g/mol. The van der Waals surface area contributed by atoms with Crippen LogP contribution in [0.25, 0.3) is 0 Å². The van der Waals surface area contributed by atoms with Gasteiger partial charge in [-0.3, -0.25) is 0 Å². The molecule has 0 saturated carbocycles. The van der Waals surface area contributed by atoms with Gasteiger partial charge in [-0.25, -0.2) is 0 Å². The first-order chi connectivity index (χ1) is 8.11. The standard InChI is InChI=1S/C12H14Cl2O3/c13-8-1-2-10(11(14)5-8)12(7-16)4-3-9(6-15)17-12/h1-2,5,9,15-16H,3-4,6-7H2/t9-,12+/m1/s1.